The number of amides is 3. The van der Waals surface area contributed by atoms with Crippen LogP contribution in [0, 0.1) is 0 Å². The molecule has 0 spiro atoms. The van der Waals surface area contributed by atoms with Crippen LogP contribution in [-0.4, -0.2) is 64.7 Å². The number of alkyl halides is 4. The first kappa shape index (κ1) is 18.0. The van der Waals surface area contributed by atoms with Gasteiger partial charge >= 0.3 is 18.1 Å². The van der Waals surface area contributed by atoms with Gasteiger partial charge in [-0.05, 0) is 6.92 Å². The fraction of sp³-hybridized carbons (Fsp3) is 0.538. The highest BCUT2D eigenvalue weighted by atomic mass is 19.4. The third-order valence-electron chi connectivity index (χ3n) is 3.66. The van der Waals surface area contributed by atoms with Gasteiger partial charge in [-0.3, -0.25) is 4.79 Å². The molecule has 1 saturated heterocycles. The Bertz CT molecular complexity index is 592. The quantitative estimate of drug-likeness (QED) is 0.445. The molecule has 11 heteroatoms. The van der Waals surface area contributed by atoms with Gasteiger partial charge in [-0.15, -0.1) is 0 Å². The van der Waals surface area contributed by atoms with Crippen LogP contribution in [-0.2, 0) is 9.63 Å². The van der Waals surface area contributed by atoms with E-state index in [1.54, 1.807) is 12.2 Å². The number of aliphatic hydroxyl groups excluding tert-OH is 1. The van der Waals surface area contributed by atoms with E-state index in [-0.39, 0.29) is 6.54 Å². The molecular formula is C13H15F4N3O4. The van der Waals surface area contributed by atoms with E-state index in [2.05, 4.69) is 11.4 Å². The Morgan fingerprint density at radius 1 is 1.58 bits per heavy atom. The summed E-state index contributed by atoms with van der Waals surface area (Å²) >= 11 is 0. The van der Waals surface area contributed by atoms with Crippen molar-refractivity contribution in [2.24, 2.45) is 0 Å². The van der Waals surface area contributed by atoms with Crippen LogP contribution < -0.4 is 5.32 Å². The molecule has 2 heterocycles. The number of rotatable bonds is 5. The van der Waals surface area contributed by atoms with Crippen molar-refractivity contribution in [3.63, 3.8) is 0 Å². The average molecular weight is 353 g/mol. The predicted molar refractivity (Wildman–Crippen MR) is 72.1 cm³/mol. The molecule has 3 amide bonds. The first-order chi connectivity index (χ1) is 11.0. The zero-order valence-electron chi connectivity index (χ0n) is 12.5. The minimum atomic E-state index is -5.03. The number of nitrogens with one attached hydrogen (secondary N) is 1. The highest BCUT2D eigenvalue weighted by Crippen LogP contribution is 2.30. The molecule has 2 rings (SSSR count). The summed E-state index contributed by atoms with van der Waals surface area (Å²) in [5.74, 6) is -3.04. The number of urea groups is 1. The third-order valence-corrected chi connectivity index (χ3v) is 3.66. The van der Waals surface area contributed by atoms with Crippen molar-refractivity contribution in [3.8, 4) is 0 Å². The number of halogens is 4. The first-order valence-electron chi connectivity index (χ1n) is 6.84. The summed E-state index contributed by atoms with van der Waals surface area (Å²) in [6, 6.07) is -2.27. The summed E-state index contributed by atoms with van der Waals surface area (Å²) in [7, 11) is 0. The molecule has 2 bridgehead atoms. The number of hydroxylamine groups is 2. The predicted octanol–water partition coefficient (Wildman–Crippen LogP) is 1.40. The van der Waals surface area contributed by atoms with Crippen LogP contribution in [0.2, 0.25) is 0 Å². The molecule has 2 aliphatic heterocycles. The Morgan fingerprint density at radius 2 is 2.21 bits per heavy atom. The molecular weight excluding hydrogens is 338 g/mol. The molecule has 3 atom stereocenters. The van der Waals surface area contributed by atoms with E-state index in [0.29, 0.717) is 10.6 Å². The van der Waals surface area contributed by atoms with E-state index in [4.69, 9.17) is 5.11 Å². The lowest BCUT2D eigenvalue weighted by Crippen LogP contribution is -2.49. The fourth-order valence-electron chi connectivity index (χ4n) is 2.51. The van der Waals surface area contributed by atoms with Crippen LogP contribution in [0.5, 0.6) is 0 Å². The van der Waals surface area contributed by atoms with Crippen LogP contribution in [0.4, 0.5) is 22.4 Å². The van der Waals surface area contributed by atoms with E-state index in [9.17, 15) is 27.2 Å². The van der Waals surface area contributed by atoms with E-state index in [0.717, 1.165) is 4.90 Å². The smallest absolute Gasteiger partial charge is 0.471 e. The minimum absolute atomic E-state index is 0.0490. The van der Waals surface area contributed by atoms with Crippen molar-refractivity contribution < 1.29 is 37.1 Å². The summed E-state index contributed by atoms with van der Waals surface area (Å²) in [6.07, 6.45) is -5.81. The average Bonchev–Trinajstić information content (AvgIpc) is 2.71. The minimum Gasteiger partial charge on any atom is -0.507 e. The van der Waals surface area contributed by atoms with E-state index >= 15 is 0 Å². The van der Waals surface area contributed by atoms with Gasteiger partial charge in [0.2, 0.25) is 0 Å². The van der Waals surface area contributed by atoms with Gasteiger partial charge in [0.1, 0.15) is 5.76 Å². The van der Waals surface area contributed by atoms with Crippen molar-refractivity contribution in [1.29, 1.82) is 0 Å². The zero-order chi connectivity index (χ0) is 18.2. The SMILES string of the molecule is C=C(O)[C@H](F)ON1C(=O)N2C[C@H]1C=C(C)[C@H]2CNC(=O)C(F)(F)F. The van der Waals surface area contributed by atoms with Crippen LogP contribution in [0.15, 0.2) is 24.0 Å². The standard InChI is InChI=1S/C13H15F4N3O4/c1-6-3-8-5-19(9(6)4-18-11(22)13(15,16)17)12(23)20(8)24-10(14)7(2)21/h3,8-10,21H,2,4-5H2,1H3,(H,18,22)/t8-,9-,10-/m1/s1. The normalized spacial score (nSPS) is 24.7. The summed E-state index contributed by atoms with van der Waals surface area (Å²) < 4.78 is 50.1. The molecule has 0 aromatic carbocycles. The van der Waals surface area contributed by atoms with Gasteiger partial charge in [-0.25, -0.2) is 14.0 Å². The Kier molecular flexibility index (Phi) is 4.74. The molecule has 0 aliphatic carbocycles. The maximum absolute atomic E-state index is 13.4. The summed E-state index contributed by atoms with van der Waals surface area (Å²) in [5.41, 5.74) is 0.520. The number of aliphatic hydroxyl groups is 1. The Balaban J connectivity index is 2.07. The van der Waals surface area contributed by atoms with Gasteiger partial charge in [-0.2, -0.15) is 18.2 Å². The summed E-state index contributed by atoms with van der Waals surface area (Å²) in [6.45, 7) is 4.11. The lowest BCUT2D eigenvalue weighted by Gasteiger charge is -2.30. The lowest BCUT2D eigenvalue weighted by atomic mass is 10.0. The van der Waals surface area contributed by atoms with Gasteiger partial charge in [0, 0.05) is 13.1 Å². The topological polar surface area (TPSA) is 82.1 Å². The monoisotopic (exact) mass is 353 g/mol. The van der Waals surface area contributed by atoms with Crippen LogP contribution in [0.3, 0.4) is 0 Å². The molecule has 0 radical (unpaired) electrons. The number of carbonyl (C=O) groups excluding carboxylic acids is 2. The maximum atomic E-state index is 13.4. The van der Waals surface area contributed by atoms with Gasteiger partial charge < -0.3 is 15.3 Å². The van der Waals surface area contributed by atoms with Crippen molar-refractivity contribution in [2.75, 3.05) is 13.1 Å². The second-order valence-corrected chi connectivity index (χ2v) is 5.38. The number of carbonyl (C=O) groups is 2. The van der Waals surface area contributed by atoms with Crippen molar-refractivity contribution in [3.05, 3.63) is 24.0 Å². The lowest BCUT2D eigenvalue weighted by molar-refractivity contribution is -0.201. The van der Waals surface area contributed by atoms with Crippen LogP contribution in [0.25, 0.3) is 0 Å². The molecule has 0 aromatic rings. The van der Waals surface area contributed by atoms with Crippen molar-refractivity contribution in [1.82, 2.24) is 15.3 Å². The number of hydrogen-bond donors (Lipinski definition) is 2. The van der Waals surface area contributed by atoms with E-state index < -0.39 is 48.9 Å². The second-order valence-electron chi connectivity index (χ2n) is 5.38. The number of nitrogens with zero attached hydrogens (tertiary/aromatic N) is 2. The molecule has 24 heavy (non-hydrogen) atoms. The van der Waals surface area contributed by atoms with Crippen molar-refractivity contribution in [2.45, 2.75) is 31.5 Å². The molecule has 2 aliphatic rings. The summed E-state index contributed by atoms with van der Waals surface area (Å²) in [5, 5.41) is 11.3. The third kappa shape index (κ3) is 3.45. The Hall–Kier alpha value is -2.30. The van der Waals surface area contributed by atoms with Gasteiger partial charge in [0.05, 0.1) is 12.1 Å². The van der Waals surface area contributed by atoms with E-state index in [1.807, 2.05) is 0 Å². The highest BCUT2D eigenvalue weighted by Gasteiger charge is 2.47. The summed E-state index contributed by atoms with van der Waals surface area (Å²) in [4.78, 5) is 29.0. The molecule has 0 saturated carbocycles. The van der Waals surface area contributed by atoms with Gasteiger partial charge in [0.25, 0.3) is 6.36 Å². The first-order valence-corrected chi connectivity index (χ1v) is 6.84. The molecule has 7 nitrogen and oxygen atoms in total. The molecule has 0 unspecified atom stereocenters. The van der Waals surface area contributed by atoms with E-state index in [1.165, 1.54) is 6.08 Å². The molecule has 1 fully saturated rings. The fourth-order valence-corrected chi connectivity index (χ4v) is 2.51. The second kappa shape index (κ2) is 6.30. The number of fused-ring (bicyclic) bond motifs is 2. The molecule has 2 N–H and O–H groups in total. The highest BCUT2D eigenvalue weighted by molar-refractivity contribution is 5.82. The Morgan fingerprint density at radius 3 is 2.75 bits per heavy atom. The number of hydrogen-bond acceptors (Lipinski definition) is 4. The van der Waals surface area contributed by atoms with Crippen molar-refractivity contribution >= 4 is 11.9 Å². The van der Waals surface area contributed by atoms with Crippen LogP contribution >= 0.6 is 0 Å². The largest absolute Gasteiger partial charge is 0.507 e. The molecule has 134 valence electrons. The Labute approximate surface area is 134 Å². The zero-order valence-corrected chi connectivity index (χ0v) is 12.5. The van der Waals surface area contributed by atoms with Crippen LogP contribution in [0.1, 0.15) is 6.92 Å². The maximum Gasteiger partial charge on any atom is 0.471 e. The van der Waals surface area contributed by atoms with Gasteiger partial charge in [0.15, 0.2) is 0 Å². The molecule has 0 aromatic heterocycles. The van der Waals surface area contributed by atoms with Gasteiger partial charge in [-0.1, -0.05) is 18.2 Å².